The number of unbranched alkanes of at least 4 members (excludes halogenated alkanes) is 20. The average Bonchev–Trinajstić information content (AvgIpc) is 3.17. The lowest BCUT2D eigenvalue weighted by molar-refractivity contribution is -0.870. The van der Waals surface area contributed by atoms with Crippen molar-refractivity contribution in [2.45, 2.75) is 200 Å². The normalized spacial score (nSPS) is 14.0. The number of hydrogen-bond donors (Lipinski definition) is 1. The van der Waals surface area contributed by atoms with Gasteiger partial charge in [0, 0.05) is 12.8 Å². The van der Waals surface area contributed by atoms with Gasteiger partial charge >= 0.3 is 19.8 Å². The number of nitrogens with zero attached hydrogens (tertiary/aromatic N) is 1. The van der Waals surface area contributed by atoms with Crippen LogP contribution >= 0.6 is 7.82 Å². The van der Waals surface area contributed by atoms with Crippen LogP contribution in [0.25, 0.3) is 0 Å². The van der Waals surface area contributed by atoms with E-state index in [1.54, 1.807) is 0 Å². The number of carbonyl (C=O) groups is 2. The highest BCUT2D eigenvalue weighted by Gasteiger charge is 2.27. The molecule has 9 nitrogen and oxygen atoms in total. The first-order valence-corrected chi connectivity index (χ1v) is 24.9. The number of phosphoric acid groups is 1. The van der Waals surface area contributed by atoms with Gasteiger partial charge in [-0.3, -0.25) is 18.6 Å². The summed E-state index contributed by atoms with van der Waals surface area (Å²) in [4.78, 5) is 35.4. The summed E-state index contributed by atoms with van der Waals surface area (Å²) >= 11 is 0. The number of carbonyl (C=O) groups excluding carboxylic acids is 2. The summed E-state index contributed by atoms with van der Waals surface area (Å²) in [6, 6.07) is 0. The highest BCUT2D eigenvalue weighted by Crippen LogP contribution is 2.43. The molecule has 0 aliphatic carbocycles. The lowest BCUT2D eigenvalue weighted by Crippen LogP contribution is -2.37. The Balaban J connectivity index is 4.39. The van der Waals surface area contributed by atoms with Gasteiger partial charge in [-0.15, -0.1) is 0 Å². The summed E-state index contributed by atoms with van der Waals surface area (Å²) in [5, 5.41) is 0. The smallest absolute Gasteiger partial charge is 0.462 e. The van der Waals surface area contributed by atoms with Crippen molar-refractivity contribution in [2.24, 2.45) is 0 Å². The Kier molecular flexibility index (Phi) is 39.0. The Hall–Kier alpha value is -2.03. The molecule has 0 aliphatic rings. The summed E-state index contributed by atoms with van der Waals surface area (Å²) in [7, 11) is 1.45. The molecule has 0 heterocycles. The van der Waals surface area contributed by atoms with Crippen LogP contribution in [-0.4, -0.2) is 74.9 Å². The van der Waals surface area contributed by atoms with E-state index >= 15 is 0 Å². The van der Waals surface area contributed by atoms with Crippen molar-refractivity contribution < 1.29 is 42.1 Å². The molecule has 338 valence electrons. The Morgan fingerprint density at radius 3 is 1.41 bits per heavy atom. The first-order chi connectivity index (χ1) is 28.0. The highest BCUT2D eigenvalue weighted by molar-refractivity contribution is 7.47. The number of allylic oxidation sites excluding steroid dienone is 8. The van der Waals surface area contributed by atoms with Crippen LogP contribution in [0.5, 0.6) is 0 Å². The van der Waals surface area contributed by atoms with E-state index in [-0.39, 0.29) is 32.0 Å². The minimum Gasteiger partial charge on any atom is -0.462 e. The summed E-state index contributed by atoms with van der Waals surface area (Å²) in [6.07, 6.45) is 47.2. The minimum absolute atomic E-state index is 0.0248. The van der Waals surface area contributed by atoms with Gasteiger partial charge < -0.3 is 18.9 Å². The van der Waals surface area contributed by atoms with Crippen LogP contribution in [-0.2, 0) is 32.7 Å². The number of rotatable bonds is 42. The molecule has 0 aromatic heterocycles. The van der Waals surface area contributed by atoms with E-state index in [9.17, 15) is 19.0 Å². The van der Waals surface area contributed by atoms with E-state index in [1.165, 1.54) is 103 Å². The van der Waals surface area contributed by atoms with Gasteiger partial charge in [0.05, 0.1) is 27.7 Å². The molecule has 58 heavy (non-hydrogen) atoms. The maximum absolute atomic E-state index is 12.7. The maximum atomic E-state index is 12.7. The molecule has 0 aromatic carbocycles. The SMILES string of the molecule is CCCCCC=CCC=CCC=CCC=CCCCCCC(=O)O[C@H](COC(=O)CCCCCCCCCCCCCCCCC)COP(=O)(O)OCC[N+](C)(C)C. The number of phosphoric ester groups is 1. The average molecular weight is 839 g/mol. The fourth-order valence-electron chi connectivity index (χ4n) is 6.17. The fraction of sp³-hybridized carbons (Fsp3) is 0.792. The number of likely N-dealkylation sites (N-methyl/N-ethyl adjacent to an activating group) is 1. The van der Waals surface area contributed by atoms with Gasteiger partial charge in [-0.05, 0) is 57.8 Å². The van der Waals surface area contributed by atoms with Crippen LogP contribution in [0.3, 0.4) is 0 Å². The van der Waals surface area contributed by atoms with Crippen molar-refractivity contribution in [2.75, 3.05) is 47.5 Å². The van der Waals surface area contributed by atoms with Crippen LogP contribution in [0.2, 0.25) is 0 Å². The monoisotopic (exact) mass is 839 g/mol. The Morgan fingerprint density at radius 1 is 0.534 bits per heavy atom. The second kappa shape index (κ2) is 40.4. The quantitative estimate of drug-likeness (QED) is 0.0213. The third kappa shape index (κ3) is 43.5. The van der Waals surface area contributed by atoms with Crippen molar-refractivity contribution in [3.8, 4) is 0 Å². The second-order valence-electron chi connectivity index (χ2n) is 16.8. The third-order valence-electron chi connectivity index (χ3n) is 9.86. The predicted molar refractivity (Wildman–Crippen MR) is 243 cm³/mol. The van der Waals surface area contributed by atoms with Gasteiger partial charge in [-0.25, -0.2) is 4.57 Å². The summed E-state index contributed by atoms with van der Waals surface area (Å²) in [6.45, 7) is 4.37. The third-order valence-corrected chi connectivity index (χ3v) is 10.8. The lowest BCUT2D eigenvalue weighted by Gasteiger charge is -2.24. The lowest BCUT2D eigenvalue weighted by atomic mass is 10.0. The maximum Gasteiger partial charge on any atom is 0.472 e. The standard InChI is InChI=1S/C48H88NO8P/c1-6-8-10-12-14-16-18-20-22-23-24-25-27-29-31-33-35-37-39-41-48(51)57-46(45-56-58(52,53)55-43-42-49(3,4)5)44-54-47(50)40-38-36-34-32-30-28-26-21-19-17-15-13-11-9-7-2/h14,16,20,22,24-25,29,31,46H,6-13,15,17-19,21,23,26-28,30,32-45H2,1-5H3/p+1/t46-/m1/s1. The molecule has 10 heteroatoms. The highest BCUT2D eigenvalue weighted by atomic mass is 31.2. The molecular formula is C48H89NO8P+. The van der Waals surface area contributed by atoms with Crippen molar-refractivity contribution in [3.05, 3.63) is 48.6 Å². The number of ether oxygens (including phenoxy) is 2. The van der Waals surface area contributed by atoms with Crippen molar-refractivity contribution >= 4 is 19.8 Å². The summed E-state index contributed by atoms with van der Waals surface area (Å²) in [5.41, 5.74) is 0. The Morgan fingerprint density at radius 2 is 0.931 bits per heavy atom. The molecule has 0 spiro atoms. The molecule has 0 bridgehead atoms. The molecule has 0 saturated heterocycles. The van der Waals surface area contributed by atoms with Gasteiger partial charge in [0.15, 0.2) is 6.10 Å². The van der Waals surface area contributed by atoms with E-state index < -0.39 is 26.5 Å². The zero-order chi connectivity index (χ0) is 42.8. The van der Waals surface area contributed by atoms with Crippen molar-refractivity contribution in [3.63, 3.8) is 0 Å². The fourth-order valence-corrected chi connectivity index (χ4v) is 6.92. The van der Waals surface area contributed by atoms with Gasteiger partial charge in [0.25, 0.3) is 0 Å². The van der Waals surface area contributed by atoms with Crippen LogP contribution in [0.15, 0.2) is 48.6 Å². The van der Waals surface area contributed by atoms with Gasteiger partial charge in [-0.1, -0.05) is 172 Å². The number of esters is 2. The number of hydrogen-bond acceptors (Lipinski definition) is 7. The van der Waals surface area contributed by atoms with E-state index in [4.69, 9.17) is 18.5 Å². The molecule has 0 rings (SSSR count). The number of quaternary nitrogens is 1. The molecule has 0 fully saturated rings. The second-order valence-corrected chi connectivity index (χ2v) is 18.2. The zero-order valence-corrected chi connectivity index (χ0v) is 38.9. The summed E-state index contributed by atoms with van der Waals surface area (Å²) in [5.74, 6) is -0.831. The van der Waals surface area contributed by atoms with Crippen molar-refractivity contribution in [1.82, 2.24) is 0 Å². The zero-order valence-electron chi connectivity index (χ0n) is 38.0. The van der Waals surface area contributed by atoms with E-state index in [0.717, 1.165) is 57.8 Å². The van der Waals surface area contributed by atoms with E-state index in [2.05, 4.69) is 62.5 Å². The molecule has 0 aromatic rings. The molecule has 0 radical (unpaired) electrons. The summed E-state index contributed by atoms with van der Waals surface area (Å²) < 4.78 is 34.3. The molecule has 2 atom stereocenters. The molecule has 1 N–H and O–H groups in total. The molecular weight excluding hydrogens is 750 g/mol. The molecule has 1 unspecified atom stereocenters. The largest absolute Gasteiger partial charge is 0.472 e. The van der Waals surface area contributed by atoms with Gasteiger partial charge in [0.1, 0.15) is 19.8 Å². The topological polar surface area (TPSA) is 108 Å². The van der Waals surface area contributed by atoms with Crippen LogP contribution in [0.4, 0.5) is 0 Å². The molecule has 0 aliphatic heterocycles. The Labute approximate surface area is 356 Å². The van der Waals surface area contributed by atoms with Crippen LogP contribution in [0.1, 0.15) is 194 Å². The van der Waals surface area contributed by atoms with Crippen LogP contribution < -0.4 is 0 Å². The first-order valence-electron chi connectivity index (χ1n) is 23.4. The Bertz CT molecular complexity index is 1130. The van der Waals surface area contributed by atoms with E-state index in [1.807, 2.05) is 21.1 Å². The van der Waals surface area contributed by atoms with Crippen molar-refractivity contribution in [1.29, 1.82) is 0 Å². The molecule has 0 saturated carbocycles. The minimum atomic E-state index is -4.38. The van der Waals surface area contributed by atoms with E-state index in [0.29, 0.717) is 17.4 Å². The van der Waals surface area contributed by atoms with Gasteiger partial charge in [0.2, 0.25) is 0 Å². The van der Waals surface area contributed by atoms with Gasteiger partial charge in [-0.2, -0.15) is 0 Å². The van der Waals surface area contributed by atoms with Crippen LogP contribution in [0, 0.1) is 0 Å². The first kappa shape index (κ1) is 56.0. The molecule has 0 amide bonds. The predicted octanol–water partition coefficient (Wildman–Crippen LogP) is 13.5.